The Kier molecular flexibility index (Phi) is 5.60. The summed E-state index contributed by atoms with van der Waals surface area (Å²) in [5, 5.41) is 3.71. The van der Waals surface area contributed by atoms with E-state index in [1.54, 1.807) is 13.8 Å². The van der Waals surface area contributed by atoms with Crippen LogP contribution in [0.1, 0.15) is 46.1 Å². The minimum absolute atomic E-state index is 0.0779. The van der Waals surface area contributed by atoms with Crippen LogP contribution in [0.25, 0.3) is 0 Å². The van der Waals surface area contributed by atoms with E-state index in [-0.39, 0.29) is 11.3 Å². The Morgan fingerprint density at radius 2 is 1.70 bits per heavy atom. The summed E-state index contributed by atoms with van der Waals surface area (Å²) in [6.45, 7) is 8.28. The average molecular weight is 297 g/mol. The van der Waals surface area contributed by atoms with E-state index >= 15 is 0 Å². The van der Waals surface area contributed by atoms with Crippen LogP contribution in [0.5, 0.6) is 0 Å². The van der Waals surface area contributed by atoms with Crippen molar-refractivity contribution >= 4 is 17.5 Å². The lowest BCUT2D eigenvalue weighted by Gasteiger charge is -2.34. The Bertz CT molecular complexity index is 445. The molecule has 0 radical (unpaired) electrons. The highest BCUT2D eigenvalue weighted by Gasteiger charge is 2.31. The Balaban J connectivity index is 2.93. The quantitative estimate of drug-likeness (QED) is 0.846. The van der Waals surface area contributed by atoms with Gasteiger partial charge in [-0.05, 0) is 44.4 Å². The third kappa shape index (κ3) is 3.97. The van der Waals surface area contributed by atoms with Gasteiger partial charge in [0.15, 0.2) is 0 Å². The molecule has 3 N–H and O–H groups in total. The van der Waals surface area contributed by atoms with Crippen LogP contribution in [0.15, 0.2) is 24.3 Å². The van der Waals surface area contributed by atoms with Crippen molar-refractivity contribution in [1.82, 2.24) is 5.32 Å². The van der Waals surface area contributed by atoms with E-state index in [0.29, 0.717) is 6.54 Å². The van der Waals surface area contributed by atoms with Gasteiger partial charge in [0.25, 0.3) is 0 Å². The Morgan fingerprint density at radius 1 is 1.20 bits per heavy atom. The lowest BCUT2D eigenvalue weighted by atomic mass is 9.75. The molecule has 112 valence electrons. The predicted octanol–water partition coefficient (Wildman–Crippen LogP) is 3.25. The number of halogens is 1. The Morgan fingerprint density at radius 3 is 2.10 bits per heavy atom. The minimum atomic E-state index is -0.854. The van der Waals surface area contributed by atoms with Crippen LogP contribution in [-0.2, 0) is 10.2 Å². The standard InChI is InChI=1S/C16H25ClN2O/c1-5-16(6-2,11-19-14(20)15(3,4)18)12-7-9-13(17)10-8-12/h7-10H,5-6,11,18H2,1-4H3,(H,19,20). The molecule has 0 heterocycles. The first-order valence-corrected chi connectivity index (χ1v) is 7.46. The number of carbonyl (C=O) groups is 1. The normalized spacial score (nSPS) is 12.3. The third-order valence-corrected chi connectivity index (χ3v) is 4.23. The molecule has 1 amide bonds. The SMILES string of the molecule is CCC(CC)(CNC(=O)C(C)(C)N)c1ccc(Cl)cc1. The topological polar surface area (TPSA) is 55.1 Å². The van der Waals surface area contributed by atoms with Crippen molar-refractivity contribution in [3.05, 3.63) is 34.9 Å². The van der Waals surface area contributed by atoms with Gasteiger partial charge in [-0.3, -0.25) is 4.79 Å². The maximum Gasteiger partial charge on any atom is 0.239 e. The van der Waals surface area contributed by atoms with E-state index in [9.17, 15) is 4.79 Å². The molecule has 1 rings (SSSR count). The fourth-order valence-electron chi connectivity index (χ4n) is 2.29. The highest BCUT2D eigenvalue weighted by Crippen LogP contribution is 2.31. The smallest absolute Gasteiger partial charge is 0.239 e. The second kappa shape index (κ2) is 6.59. The summed E-state index contributed by atoms with van der Waals surface area (Å²) >= 11 is 5.95. The largest absolute Gasteiger partial charge is 0.354 e. The van der Waals surface area contributed by atoms with Crippen molar-refractivity contribution in [2.45, 2.75) is 51.5 Å². The first-order valence-electron chi connectivity index (χ1n) is 7.08. The number of nitrogens with two attached hydrogens (primary N) is 1. The fourth-order valence-corrected chi connectivity index (χ4v) is 2.42. The maximum atomic E-state index is 12.0. The van der Waals surface area contributed by atoms with Gasteiger partial charge in [-0.15, -0.1) is 0 Å². The molecule has 0 saturated carbocycles. The van der Waals surface area contributed by atoms with E-state index in [1.165, 1.54) is 5.56 Å². The van der Waals surface area contributed by atoms with Crippen molar-refractivity contribution < 1.29 is 4.79 Å². The zero-order valence-electron chi connectivity index (χ0n) is 12.8. The van der Waals surface area contributed by atoms with E-state index in [4.69, 9.17) is 17.3 Å². The summed E-state index contributed by atoms with van der Waals surface area (Å²) in [5.74, 6) is -0.127. The molecule has 1 aromatic carbocycles. The summed E-state index contributed by atoms with van der Waals surface area (Å²) in [4.78, 5) is 12.0. The summed E-state index contributed by atoms with van der Waals surface area (Å²) in [5.41, 5.74) is 6.08. The van der Waals surface area contributed by atoms with Gasteiger partial charge in [-0.2, -0.15) is 0 Å². The fraction of sp³-hybridized carbons (Fsp3) is 0.562. The number of amides is 1. The molecule has 0 saturated heterocycles. The van der Waals surface area contributed by atoms with Crippen molar-refractivity contribution in [3.8, 4) is 0 Å². The molecular weight excluding hydrogens is 272 g/mol. The monoisotopic (exact) mass is 296 g/mol. The lowest BCUT2D eigenvalue weighted by molar-refractivity contribution is -0.125. The molecule has 3 nitrogen and oxygen atoms in total. The molecule has 0 unspecified atom stereocenters. The van der Waals surface area contributed by atoms with Gasteiger partial charge in [0.05, 0.1) is 5.54 Å². The second-order valence-corrected chi connectivity index (χ2v) is 6.34. The van der Waals surface area contributed by atoms with Crippen molar-refractivity contribution in [2.24, 2.45) is 5.73 Å². The van der Waals surface area contributed by atoms with Crippen LogP contribution in [0.2, 0.25) is 5.02 Å². The maximum absolute atomic E-state index is 12.0. The van der Waals surface area contributed by atoms with Gasteiger partial charge in [-0.25, -0.2) is 0 Å². The molecule has 0 fully saturated rings. The van der Waals surface area contributed by atoms with E-state index in [0.717, 1.165) is 17.9 Å². The molecule has 0 aliphatic rings. The first-order chi connectivity index (χ1) is 9.25. The molecule has 1 aromatic rings. The zero-order valence-corrected chi connectivity index (χ0v) is 13.6. The molecular formula is C16H25ClN2O. The van der Waals surface area contributed by atoms with Gasteiger partial charge in [-0.1, -0.05) is 37.6 Å². The highest BCUT2D eigenvalue weighted by atomic mass is 35.5. The summed E-state index contributed by atoms with van der Waals surface area (Å²) in [7, 11) is 0. The van der Waals surface area contributed by atoms with Gasteiger partial charge in [0.1, 0.15) is 0 Å². The summed E-state index contributed by atoms with van der Waals surface area (Å²) in [6.07, 6.45) is 1.88. The third-order valence-electron chi connectivity index (χ3n) is 3.98. The van der Waals surface area contributed by atoms with Crippen molar-refractivity contribution in [1.29, 1.82) is 0 Å². The predicted molar refractivity (Wildman–Crippen MR) is 85.0 cm³/mol. The number of benzene rings is 1. The molecule has 0 aliphatic carbocycles. The van der Waals surface area contributed by atoms with Gasteiger partial charge in [0.2, 0.25) is 5.91 Å². The van der Waals surface area contributed by atoms with Crippen LogP contribution in [0.4, 0.5) is 0 Å². The Hall–Kier alpha value is -1.06. The van der Waals surface area contributed by atoms with E-state index < -0.39 is 5.54 Å². The summed E-state index contributed by atoms with van der Waals surface area (Å²) in [6, 6.07) is 7.86. The van der Waals surface area contributed by atoms with Crippen LogP contribution < -0.4 is 11.1 Å². The van der Waals surface area contributed by atoms with Crippen molar-refractivity contribution in [3.63, 3.8) is 0 Å². The molecule has 0 bridgehead atoms. The number of nitrogens with one attached hydrogen (secondary N) is 1. The molecule has 0 aliphatic heterocycles. The van der Waals surface area contributed by atoms with Crippen LogP contribution in [0, 0.1) is 0 Å². The van der Waals surface area contributed by atoms with Crippen LogP contribution >= 0.6 is 11.6 Å². The average Bonchev–Trinajstić information content (AvgIpc) is 2.40. The molecule has 0 spiro atoms. The number of hydrogen-bond donors (Lipinski definition) is 2. The van der Waals surface area contributed by atoms with E-state index in [1.807, 2.05) is 24.3 Å². The van der Waals surface area contributed by atoms with Gasteiger partial charge in [0, 0.05) is 17.0 Å². The van der Waals surface area contributed by atoms with E-state index in [2.05, 4.69) is 19.2 Å². The van der Waals surface area contributed by atoms with Crippen LogP contribution in [0.3, 0.4) is 0 Å². The first kappa shape index (κ1) is 17.0. The number of carbonyl (C=O) groups excluding carboxylic acids is 1. The second-order valence-electron chi connectivity index (χ2n) is 5.90. The number of hydrogen-bond acceptors (Lipinski definition) is 2. The van der Waals surface area contributed by atoms with Gasteiger partial charge < -0.3 is 11.1 Å². The molecule has 0 atom stereocenters. The molecule has 0 aromatic heterocycles. The Labute approximate surface area is 126 Å². The lowest BCUT2D eigenvalue weighted by Crippen LogP contribution is -2.52. The van der Waals surface area contributed by atoms with Gasteiger partial charge >= 0.3 is 0 Å². The molecule has 20 heavy (non-hydrogen) atoms. The number of rotatable bonds is 6. The minimum Gasteiger partial charge on any atom is -0.354 e. The van der Waals surface area contributed by atoms with Crippen LogP contribution in [-0.4, -0.2) is 18.0 Å². The zero-order chi connectivity index (χ0) is 15.4. The summed E-state index contributed by atoms with van der Waals surface area (Å²) < 4.78 is 0. The molecule has 4 heteroatoms. The van der Waals surface area contributed by atoms with Crippen molar-refractivity contribution in [2.75, 3.05) is 6.54 Å². The highest BCUT2D eigenvalue weighted by molar-refractivity contribution is 6.30.